The summed E-state index contributed by atoms with van der Waals surface area (Å²) in [6.07, 6.45) is 4.89. The molecule has 0 bridgehead atoms. The van der Waals surface area contributed by atoms with Gasteiger partial charge in [0.05, 0.1) is 12.1 Å². The van der Waals surface area contributed by atoms with Crippen molar-refractivity contribution in [3.05, 3.63) is 35.1 Å². The summed E-state index contributed by atoms with van der Waals surface area (Å²) < 4.78 is 13.8. The van der Waals surface area contributed by atoms with Crippen LogP contribution in [0, 0.1) is 18.7 Å². The number of hydrogen-bond acceptors (Lipinski definition) is 2. The normalized spacial score (nSPS) is 20.7. The molecule has 2 atom stereocenters. The second-order valence-corrected chi connectivity index (χ2v) is 5.44. The van der Waals surface area contributed by atoms with Crippen LogP contribution in [-0.2, 0) is 0 Å². The molecule has 3 N–H and O–H groups in total. The van der Waals surface area contributed by atoms with E-state index in [4.69, 9.17) is 5.73 Å². The lowest BCUT2D eigenvalue weighted by atomic mass is 9.81. The van der Waals surface area contributed by atoms with Crippen LogP contribution in [0.5, 0.6) is 0 Å². The number of aliphatic hydroxyl groups excluding tert-OH is 1. The van der Waals surface area contributed by atoms with E-state index in [1.807, 2.05) is 13.0 Å². The number of rotatable bonds is 3. The van der Waals surface area contributed by atoms with Gasteiger partial charge in [-0.2, -0.15) is 0 Å². The smallest absolute Gasteiger partial charge is 0.128 e. The summed E-state index contributed by atoms with van der Waals surface area (Å²) in [5, 5.41) is 10.3. The maximum absolute atomic E-state index is 13.8. The van der Waals surface area contributed by atoms with E-state index in [9.17, 15) is 9.50 Å². The zero-order chi connectivity index (χ0) is 13.1. The molecule has 1 aromatic carbocycles. The van der Waals surface area contributed by atoms with Gasteiger partial charge < -0.3 is 10.8 Å². The second kappa shape index (κ2) is 5.81. The van der Waals surface area contributed by atoms with Gasteiger partial charge in [0.15, 0.2) is 0 Å². The van der Waals surface area contributed by atoms with Crippen LogP contribution < -0.4 is 5.73 Å². The summed E-state index contributed by atoms with van der Waals surface area (Å²) in [5.74, 6) is -0.0909. The third kappa shape index (κ3) is 2.90. The zero-order valence-corrected chi connectivity index (χ0v) is 10.9. The van der Waals surface area contributed by atoms with Crippen molar-refractivity contribution in [1.82, 2.24) is 0 Å². The highest BCUT2D eigenvalue weighted by Crippen LogP contribution is 2.32. The van der Waals surface area contributed by atoms with Crippen LogP contribution in [0.25, 0.3) is 0 Å². The number of halogens is 1. The van der Waals surface area contributed by atoms with Crippen LogP contribution in [0.3, 0.4) is 0 Å². The molecule has 0 aliphatic heterocycles. The summed E-state index contributed by atoms with van der Waals surface area (Å²) in [6, 6.07) is 4.39. The molecule has 0 spiro atoms. The van der Waals surface area contributed by atoms with Gasteiger partial charge in [0.1, 0.15) is 5.82 Å². The van der Waals surface area contributed by atoms with Crippen molar-refractivity contribution < 1.29 is 9.50 Å². The van der Waals surface area contributed by atoms with Crippen molar-refractivity contribution in [3.8, 4) is 0 Å². The molecular weight excluding hydrogens is 229 g/mol. The van der Waals surface area contributed by atoms with Gasteiger partial charge in [0.2, 0.25) is 0 Å². The third-order valence-corrected chi connectivity index (χ3v) is 4.02. The number of hydrogen-bond donors (Lipinski definition) is 2. The quantitative estimate of drug-likeness (QED) is 0.867. The zero-order valence-electron chi connectivity index (χ0n) is 10.9. The Balaban J connectivity index is 2.11. The van der Waals surface area contributed by atoms with Crippen LogP contribution in [0.4, 0.5) is 4.39 Å². The van der Waals surface area contributed by atoms with Gasteiger partial charge in [-0.15, -0.1) is 0 Å². The molecule has 0 radical (unpaired) electrons. The predicted octanol–water partition coefficient (Wildman–Crippen LogP) is 3.08. The highest BCUT2D eigenvalue weighted by molar-refractivity contribution is 5.26. The fourth-order valence-electron chi connectivity index (χ4n) is 2.86. The molecule has 2 nitrogen and oxygen atoms in total. The standard InChI is InChI=1S/C15H22FNO/c1-10-7-8-12(13(16)9-10)14(17)15(18)11-5-3-2-4-6-11/h7-9,11,14-15,18H,2-6,17H2,1H3/t14-,15+/m0/s1. The number of nitrogens with two attached hydrogens (primary N) is 1. The predicted molar refractivity (Wildman–Crippen MR) is 70.6 cm³/mol. The SMILES string of the molecule is Cc1ccc([C@H](N)[C@H](O)C2CCCCC2)c(F)c1. The van der Waals surface area contributed by atoms with E-state index in [0.717, 1.165) is 31.2 Å². The van der Waals surface area contributed by atoms with Crippen molar-refractivity contribution in [2.45, 2.75) is 51.2 Å². The van der Waals surface area contributed by atoms with Gasteiger partial charge >= 0.3 is 0 Å². The molecule has 1 saturated carbocycles. The largest absolute Gasteiger partial charge is 0.391 e. The van der Waals surface area contributed by atoms with Gasteiger partial charge in [-0.25, -0.2) is 4.39 Å². The maximum atomic E-state index is 13.8. The Kier molecular flexibility index (Phi) is 4.36. The Labute approximate surface area is 108 Å². The average molecular weight is 251 g/mol. The average Bonchev–Trinajstić information content (AvgIpc) is 2.38. The Morgan fingerprint density at radius 3 is 2.56 bits per heavy atom. The molecule has 0 amide bonds. The molecule has 2 rings (SSSR count). The highest BCUT2D eigenvalue weighted by Gasteiger charge is 2.28. The van der Waals surface area contributed by atoms with Crippen LogP contribution in [0.15, 0.2) is 18.2 Å². The molecule has 0 unspecified atom stereocenters. The Hall–Kier alpha value is -0.930. The molecule has 0 saturated heterocycles. The summed E-state index contributed by atoms with van der Waals surface area (Å²) in [4.78, 5) is 0. The summed E-state index contributed by atoms with van der Waals surface area (Å²) in [6.45, 7) is 1.84. The molecule has 0 aromatic heterocycles. The maximum Gasteiger partial charge on any atom is 0.128 e. The second-order valence-electron chi connectivity index (χ2n) is 5.44. The minimum absolute atomic E-state index is 0.217. The van der Waals surface area contributed by atoms with E-state index < -0.39 is 12.1 Å². The first kappa shape index (κ1) is 13.5. The Morgan fingerprint density at radius 2 is 1.94 bits per heavy atom. The summed E-state index contributed by atoms with van der Waals surface area (Å²) in [7, 11) is 0. The van der Waals surface area contributed by atoms with Gasteiger partial charge in [-0.3, -0.25) is 0 Å². The monoisotopic (exact) mass is 251 g/mol. The molecule has 1 fully saturated rings. The Bertz CT molecular complexity index is 401. The van der Waals surface area contributed by atoms with E-state index in [1.54, 1.807) is 6.07 Å². The Morgan fingerprint density at radius 1 is 1.28 bits per heavy atom. The topological polar surface area (TPSA) is 46.2 Å². The lowest BCUT2D eigenvalue weighted by Gasteiger charge is -2.30. The van der Waals surface area contributed by atoms with Gasteiger partial charge in [0.25, 0.3) is 0 Å². The van der Waals surface area contributed by atoms with Gasteiger partial charge in [-0.1, -0.05) is 31.4 Å². The fraction of sp³-hybridized carbons (Fsp3) is 0.600. The van der Waals surface area contributed by atoms with Crippen molar-refractivity contribution in [3.63, 3.8) is 0 Å². The van der Waals surface area contributed by atoms with E-state index >= 15 is 0 Å². The fourth-order valence-corrected chi connectivity index (χ4v) is 2.86. The van der Waals surface area contributed by atoms with Gasteiger partial charge in [-0.05, 0) is 37.3 Å². The van der Waals surface area contributed by atoms with Crippen LogP contribution in [0.1, 0.15) is 49.3 Å². The summed E-state index contributed by atoms with van der Waals surface area (Å²) in [5.41, 5.74) is 7.33. The van der Waals surface area contributed by atoms with Gasteiger partial charge in [0, 0.05) is 5.56 Å². The molecule has 18 heavy (non-hydrogen) atoms. The first-order valence-corrected chi connectivity index (χ1v) is 6.79. The molecular formula is C15H22FNO. The first-order chi connectivity index (χ1) is 8.59. The highest BCUT2D eigenvalue weighted by atomic mass is 19.1. The van der Waals surface area contributed by atoms with Crippen molar-refractivity contribution in [2.24, 2.45) is 11.7 Å². The molecule has 1 aliphatic rings. The number of aliphatic hydroxyl groups is 1. The van der Waals surface area contributed by atoms with Crippen molar-refractivity contribution in [1.29, 1.82) is 0 Å². The molecule has 1 aliphatic carbocycles. The molecule has 0 heterocycles. The number of benzene rings is 1. The minimum atomic E-state index is -0.637. The molecule has 1 aromatic rings. The lowest BCUT2D eigenvalue weighted by Crippen LogP contribution is -2.34. The van der Waals surface area contributed by atoms with Crippen molar-refractivity contribution in [2.75, 3.05) is 0 Å². The molecule has 100 valence electrons. The summed E-state index contributed by atoms with van der Waals surface area (Å²) >= 11 is 0. The van der Waals surface area contributed by atoms with Crippen LogP contribution >= 0.6 is 0 Å². The number of aryl methyl sites for hydroxylation is 1. The molecule has 3 heteroatoms. The lowest BCUT2D eigenvalue weighted by molar-refractivity contribution is 0.0608. The minimum Gasteiger partial charge on any atom is -0.391 e. The van der Waals surface area contributed by atoms with Crippen molar-refractivity contribution >= 4 is 0 Å². The first-order valence-electron chi connectivity index (χ1n) is 6.79. The van der Waals surface area contributed by atoms with E-state index in [2.05, 4.69) is 0 Å². The van der Waals surface area contributed by atoms with E-state index in [1.165, 1.54) is 12.5 Å². The van der Waals surface area contributed by atoms with Crippen LogP contribution in [0.2, 0.25) is 0 Å². The van der Waals surface area contributed by atoms with E-state index in [0.29, 0.717) is 5.56 Å². The van der Waals surface area contributed by atoms with E-state index in [-0.39, 0.29) is 11.7 Å². The van der Waals surface area contributed by atoms with Crippen LogP contribution in [-0.4, -0.2) is 11.2 Å². The third-order valence-electron chi connectivity index (χ3n) is 4.02.